The molecule has 3 rings (SSSR count). The summed E-state index contributed by atoms with van der Waals surface area (Å²) in [7, 11) is -0.717. The molecular weight excluding hydrogens is 386 g/mol. The second kappa shape index (κ2) is 8.13. The number of hydrogen-bond acceptors (Lipinski definition) is 4. The summed E-state index contributed by atoms with van der Waals surface area (Å²) in [5.74, 6) is 0.0324. The van der Waals surface area contributed by atoms with E-state index < -0.39 is 30.2 Å². The number of aliphatic hydroxyl groups excluding tert-OH is 1. The number of carbonyl (C=O) groups excluding carboxylic acids is 1. The van der Waals surface area contributed by atoms with Gasteiger partial charge in [0.25, 0.3) is 0 Å². The number of aliphatic hydroxyl groups is 1. The lowest BCUT2D eigenvalue weighted by Gasteiger charge is -2.32. The maximum atomic E-state index is 14.4. The summed E-state index contributed by atoms with van der Waals surface area (Å²) in [5, 5.41) is 13.1. The number of hydrogen-bond donors (Lipinski definition) is 2. The first-order chi connectivity index (χ1) is 13.8. The Morgan fingerprint density at radius 2 is 1.87 bits per heavy atom. The Bertz CT molecular complexity index is 799. The third-order valence-corrected chi connectivity index (χ3v) is 6.63. The van der Waals surface area contributed by atoms with Crippen LogP contribution in [0.15, 0.2) is 12.1 Å². The van der Waals surface area contributed by atoms with Gasteiger partial charge >= 0.3 is 13.1 Å². The maximum Gasteiger partial charge on any atom is 0.495 e. The lowest BCUT2D eigenvalue weighted by molar-refractivity contribution is 0.00578. The van der Waals surface area contributed by atoms with Crippen molar-refractivity contribution in [1.29, 1.82) is 0 Å². The second-order valence-electron chi connectivity index (χ2n) is 10.0. The fourth-order valence-corrected chi connectivity index (χ4v) is 4.10. The number of nitrogens with zero attached hydrogens (tertiary/aromatic N) is 1. The van der Waals surface area contributed by atoms with Crippen LogP contribution in [0.5, 0.6) is 0 Å². The van der Waals surface area contributed by atoms with Gasteiger partial charge in [-0.2, -0.15) is 0 Å². The number of rotatable bonds is 4. The minimum Gasteiger partial charge on any atom is -0.399 e. The van der Waals surface area contributed by atoms with E-state index in [4.69, 9.17) is 9.31 Å². The van der Waals surface area contributed by atoms with Gasteiger partial charge in [-0.1, -0.05) is 13.8 Å². The number of β-amino-alcohol motifs (C(OH)–C–C–N with tert-alkyl or cyclic N) is 1. The number of benzene rings is 1. The van der Waals surface area contributed by atoms with Crippen molar-refractivity contribution in [3.05, 3.63) is 23.5 Å². The summed E-state index contributed by atoms with van der Waals surface area (Å²) in [6.45, 7) is 14.5. The van der Waals surface area contributed by atoms with Gasteiger partial charge in [-0.25, -0.2) is 9.18 Å². The summed E-state index contributed by atoms with van der Waals surface area (Å²) in [6, 6.07) is 2.36. The topological polar surface area (TPSA) is 71.0 Å². The highest BCUT2D eigenvalue weighted by atomic mass is 19.1. The molecule has 2 N–H and O–H groups in total. The number of amides is 2. The van der Waals surface area contributed by atoms with Crippen LogP contribution in [-0.4, -0.2) is 53.6 Å². The van der Waals surface area contributed by atoms with Crippen LogP contribution in [0.2, 0.25) is 0 Å². The summed E-state index contributed by atoms with van der Waals surface area (Å²) >= 11 is 0. The molecule has 30 heavy (non-hydrogen) atoms. The van der Waals surface area contributed by atoms with Crippen molar-refractivity contribution in [2.45, 2.75) is 72.2 Å². The quantitative estimate of drug-likeness (QED) is 0.734. The van der Waals surface area contributed by atoms with Crippen molar-refractivity contribution < 1.29 is 23.6 Å². The van der Waals surface area contributed by atoms with Crippen LogP contribution in [0.1, 0.15) is 53.5 Å². The SMILES string of the molecule is Cc1c(NC(=O)N2CC(O)C(CC(C)C)C2)cc(F)cc1B1OC(C)(C)C(C)(C)O1. The van der Waals surface area contributed by atoms with Crippen LogP contribution in [0.4, 0.5) is 14.9 Å². The molecule has 2 amide bonds. The lowest BCUT2D eigenvalue weighted by Crippen LogP contribution is -2.41. The highest BCUT2D eigenvalue weighted by molar-refractivity contribution is 6.62. The zero-order chi connectivity index (χ0) is 22.4. The highest BCUT2D eigenvalue weighted by Crippen LogP contribution is 2.37. The fraction of sp³-hybridized carbons (Fsp3) is 0.682. The molecule has 6 nitrogen and oxygen atoms in total. The van der Waals surface area contributed by atoms with Gasteiger partial charge < -0.3 is 24.6 Å². The predicted octanol–water partition coefficient (Wildman–Crippen LogP) is 3.30. The Hall–Kier alpha value is -1.64. The Labute approximate surface area is 179 Å². The minimum atomic E-state index is -0.717. The number of carbonyl (C=O) groups is 1. The molecule has 1 aromatic rings. The normalized spacial score (nSPS) is 25.3. The van der Waals surface area contributed by atoms with E-state index in [0.29, 0.717) is 29.2 Å². The van der Waals surface area contributed by atoms with Gasteiger partial charge in [-0.15, -0.1) is 0 Å². The third-order valence-electron chi connectivity index (χ3n) is 6.63. The van der Waals surface area contributed by atoms with Crippen molar-refractivity contribution >= 4 is 24.3 Å². The monoisotopic (exact) mass is 420 g/mol. The average molecular weight is 420 g/mol. The molecule has 8 heteroatoms. The van der Waals surface area contributed by atoms with Crippen LogP contribution in [0, 0.1) is 24.6 Å². The van der Waals surface area contributed by atoms with Crippen LogP contribution in [0.25, 0.3) is 0 Å². The summed E-state index contributed by atoms with van der Waals surface area (Å²) in [5.41, 5.74) is 0.546. The lowest BCUT2D eigenvalue weighted by atomic mass is 9.75. The number of likely N-dealkylation sites (tertiary alicyclic amines) is 1. The van der Waals surface area contributed by atoms with Crippen LogP contribution < -0.4 is 10.8 Å². The molecular formula is C22H34BFN2O4. The molecule has 2 aliphatic heterocycles. The fourth-order valence-electron chi connectivity index (χ4n) is 4.10. The molecule has 0 radical (unpaired) electrons. The molecule has 2 unspecified atom stereocenters. The molecule has 2 saturated heterocycles. The highest BCUT2D eigenvalue weighted by Gasteiger charge is 2.52. The zero-order valence-electron chi connectivity index (χ0n) is 19.1. The number of anilines is 1. The molecule has 0 saturated carbocycles. The van der Waals surface area contributed by atoms with Crippen LogP contribution in [-0.2, 0) is 9.31 Å². The standard InChI is InChI=1S/C22H34BFN2O4/c1-13(2)8-15-11-26(12-19(15)27)20(28)25-18-10-16(24)9-17(14(18)3)23-29-21(4,5)22(6,7)30-23/h9-10,13,15,19,27H,8,11-12H2,1-7H3,(H,25,28). The predicted molar refractivity (Wildman–Crippen MR) is 116 cm³/mol. The third kappa shape index (κ3) is 4.50. The number of urea groups is 1. The van der Waals surface area contributed by atoms with E-state index in [0.717, 1.165) is 6.42 Å². The summed E-state index contributed by atoms with van der Waals surface area (Å²) < 4.78 is 26.6. The van der Waals surface area contributed by atoms with Gasteiger partial charge in [0.1, 0.15) is 5.82 Å². The Kier molecular flexibility index (Phi) is 6.24. The first kappa shape index (κ1) is 23.0. The molecule has 0 aliphatic carbocycles. The minimum absolute atomic E-state index is 0.0599. The van der Waals surface area contributed by atoms with E-state index in [-0.39, 0.29) is 18.5 Å². The van der Waals surface area contributed by atoms with Crippen molar-refractivity contribution in [2.24, 2.45) is 11.8 Å². The van der Waals surface area contributed by atoms with Crippen molar-refractivity contribution in [3.63, 3.8) is 0 Å². The van der Waals surface area contributed by atoms with Crippen molar-refractivity contribution in [2.75, 3.05) is 18.4 Å². The van der Waals surface area contributed by atoms with Crippen molar-refractivity contribution in [3.8, 4) is 0 Å². The molecule has 2 heterocycles. The molecule has 2 fully saturated rings. The zero-order valence-corrected chi connectivity index (χ0v) is 19.1. The second-order valence-corrected chi connectivity index (χ2v) is 10.0. The van der Waals surface area contributed by atoms with E-state index in [9.17, 15) is 14.3 Å². The van der Waals surface area contributed by atoms with Gasteiger partial charge in [0.05, 0.1) is 17.3 Å². The smallest absolute Gasteiger partial charge is 0.399 e. The number of nitrogens with one attached hydrogen (secondary N) is 1. The van der Waals surface area contributed by atoms with E-state index in [1.165, 1.54) is 12.1 Å². The van der Waals surface area contributed by atoms with Gasteiger partial charge in [0.15, 0.2) is 0 Å². The molecule has 0 aromatic heterocycles. The van der Waals surface area contributed by atoms with Gasteiger partial charge in [0, 0.05) is 24.7 Å². The van der Waals surface area contributed by atoms with Crippen LogP contribution in [0.3, 0.4) is 0 Å². The van der Waals surface area contributed by atoms with Crippen LogP contribution >= 0.6 is 0 Å². The first-order valence-corrected chi connectivity index (χ1v) is 10.7. The van der Waals surface area contributed by atoms with Crippen molar-refractivity contribution in [1.82, 2.24) is 4.90 Å². The van der Waals surface area contributed by atoms with E-state index >= 15 is 0 Å². The number of halogens is 1. The molecule has 2 atom stereocenters. The van der Waals surface area contributed by atoms with Gasteiger partial charge in [-0.3, -0.25) is 0 Å². The first-order valence-electron chi connectivity index (χ1n) is 10.7. The largest absolute Gasteiger partial charge is 0.495 e. The Morgan fingerprint density at radius 1 is 1.27 bits per heavy atom. The van der Waals surface area contributed by atoms with E-state index in [1.807, 2.05) is 34.6 Å². The summed E-state index contributed by atoms with van der Waals surface area (Å²) in [4.78, 5) is 14.4. The molecule has 0 bridgehead atoms. The maximum absolute atomic E-state index is 14.4. The summed E-state index contributed by atoms with van der Waals surface area (Å²) in [6.07, 6.45) is 0.322. The Morgan fingerprint density at radius 3 is 2.43 bits per heavy atom. The molecule has 0 spiro atoms. The van der Waals surface area contributed by atoms with Gasteiger partial charge in [0.2, 0.25) is 0 Å². The Balaban J connectivity index is 1.77. The molecule has 166 valence electrons. The van der Waals surface area contributed by atoms with E-state index in [2.05, 4.69) is 19.2 Å². The van der Waals surface area contributed by atoms with E-state index in [1.54, 1.807) is 4.90 Å². The van der Waals surface area contributed by atoms with Gasteiger partial charge in [-0.05, 0) is 70.1 Å². The average Bonchev–Trinajstić information content (AvgIpc) is 3.06. The molecule has 2 aliphatic rings. The molecule has 1 aromatic carbocycles.